The zero-order valence-electron chi connectivity index (χ0n) is 11.9. The summed E-state index contributed by atoms with van der Waals surface area (Å²) in [5, 5.41) is 16.6. The predicted molar refractivity (Wildman–Crippen MR) is 70.8 cm³/mol. The molecular weight excluding hydrogens is 200 g/mol. The average Bonchev–Trinajstić information content (AvgIpc) is 2.24. The summed E-state index contributed by atoms with van der Waals surface area (Å²) in [6, 6.07) is 0. The van der Waals surface area contributed by atoms with Crippen LogP contribution in [-0.4, -0.2) is 35.4 Å². The lowest BCUT2D eigenvalue weighted by molar-refractivity contribution is 0.144. The third kappa shape index (κ3) is 7.20. The summed E-state index contributed by atoms with van der Waals surface area (Å²) < 4.78 is 0. The molecule has 3 heteroatoms. The number of nitrogens with one attached hydrogen (secondary N) is 2. The van der Waals surface area contributed by atoms with E-state index >= 15 is 0 Å². The van der Waals surface area contributed by atoms with Gasteiger partial charge in [0.15, 0.2) is 0 Å². The third-order valence-electron chi connectivity index (χ3n) is 3.40. The monoisotopic (exact) mass is 230 g/mol. The van der Waals surface area contributed by atoms with Gasteiger partial charge in [-0.05, 0) is 40.5 Å². The molecule has 98 valence electrons. The second-order valence-electron chi connectivity index (χ2n) is 5.89. The van der Waals surface area contributed by atoms with Crippen LogP contribution in [-0.2, 0) is 0 Å². The minimum atomic E-state index is -0.323. The van der Waals surface area contributed by atoms with Gasteiger partial charge in [-0.1, -0.05) is 13.8 Å². The van der Waals surface area contributed by atoms with Crippen LogP contribution in [0.15, 0.2) is 0 Å². The molecule has 0 aromatic rings. The van der Waals surface area contributed by atoms with Crippen molar-refractivity contribution >= 4 is 0 Å². The molecular formula is C13H30N2O. The summed E-state index contributed by atoms with van der Waals surface area (Å²) in [7, 11) is 0. The summed E-state index contributed by atoms with van der Waals surface area (Å²) in [6.07, 6.45) is 1.80. The van der Waals surface area contributed by atoms with Crippen molar-refractivity contribution in [2.24, 2.45) is 0 Å². The molecule has 0 amide bonds. The van der Waals surface area contributed by atoms with Gasteiger partial charge in [0.25, 0.3) is 0 Å². The van der Waals surface area contributed by atoms with E-state index in [-0.39, 0.29) is 17.2 Å². The van der Waals surface area contributed by atoms with E-state index in [1.54, 1.807) is 0 Å². The van der Waals surface area contributed by atoms with Gasteiger partial charge < -0.3 is 15.7 Å². The van der Waals surface area contributed by atoms with Crippen molar-refractivity contribution in [3.63, 3.8) is 0 Å². The Labute approximate surface area is 101 Å². The zero-order chi connectivity index (χ0) is 12.8. The number of aliphatic hydroxyl groups is 1. The molecule has 0 aliphatic carbocycles. The fraction of sp³-hybridized carbons (Fsp3) is 1.00. The number of hydrogen-bond acceptors (Lipinski definition) is 3. The quantitative estimate of drug-likeness (QED) is 0.597. The largest absolute Gasteiger partial charge is 0.390 e. The molecule has 0 spiro atoms. The molecule has 16 heavy (non-hydrogen) atoms. The molecule has 3 nitrogen and oxygen atoms in total. The minimum absolute atomic E-state index is 0.112. The minimum Gasteiger partial charge on any atom is -0.390 e. The van der Waals surface area contributed by atoms with Crippen molar-refractivity contribution in [1.29, 1.82) is 0 Å². The fourth-order valence-corrected chi connectivity index (χ4v) is 1.11. The maximum atomic E-state index is 9.84. The number of hydrogen-bond donors (Lipinski definition) is 3. The highest BCUT2D eigenvalue weighted by molar-refractivity contribution is 4.80. The Morgan fingerprint density at radius 1 is 0.875 bits per heavy atom. The van der Waals surface area contributed by atoms with Crippen molar-refractivity contribution in [3.05, 3.63) is 0 Å². The van der Waals surface area contributed by atoms with Crippen LogP contribution in [0.3, 0.4) is 0 Å². The molecule has 0 fully saturated rings. The van der Waals surface area contributed by atoms with Crippen LogP contribution in [0.2, 0.25) is 0 Å². The Bertz CT molecular complexity index is 170. The molecule has 0 saturated heterocycles. The molecule has 0 aromatic heterocycles. The summed E-state index contributed by atoms with van der Waals surface area (Å²) >= 11 is 0. The van der Waals surface area contributed by atoms with Gasteiger partial charge in [-0.25, -0.2) is 0 Å². The van der Waals surface area contributed by atoms with Crippen molar-refractivity contribution in [1.82, 2.24) is 10.6 Å². The van der Waals surface area contributed by atoms with Gasteiger partial charge in [0.1, 0.15) is 0 Å². The van der Waals surface area contributed by atoms with Gasteiger partial charge in [-0.2, -0.15) is 0 Å². The molecule has 0 radical (unpaired) electrons. The summed E-state index contributed by atoms with van der Waals surface area (Å²) in [4.78, 5) is 0. The molecule has 0 aliphatic rings. The van der Waals surface area contributed by atoms with Crippen molar-refractivity contribution < 1.29 is 5.11 Å². The highest BCUT2D eigenvalue weighted by Gasteiger charge is 2.18. The number of β-amino-alcohol motifs (C(OH)–C–C–N with tert-alkyl or cyclic N) is 1. The van der Waals surface area contributed by atoms with E-state index in [2.05, 4.69) is 52.2 Å². The van der Waals surface area contributed by atoms with Gasteiger partial charge >= 0.3 is 0 Å². The van der Waals surface area contributed by atoms with Gasteiger partial charge in [-0.3, -0.25) is 0 Å². The normalized spacial score (nSPS) is 13.5. The topological polar surface area (TPSA) is 44.3 Å². The van der Waals surface area contributed by atoms with Gasteiger partial charge in [-0.15, -0.1) is 0 Å². The molecule has 3 N–H and O–H groups in total. The van der Waals surface area contributed by atoms with Gasteiger partial charge in [0.2, 0.25) is 0 Å². The van der Waals surface area contributed by atoms with Crippen LogP contribution in [0.1, 0.15) is 54.4 Å². The lowest BCUT2D eigenvalue weighted by Crippen LogP contribution is -2.48. The van der Waals surface area contributed by atoms with E-state index in [0.717, 1.165) is 12.8 Å². The second-order valence-corrected chi connectivity index (χ2v) is 5.89. The van der Waals surface area contributed by atoms with Crippen LogP contribution in [0.5, 0.6) is 0 Å². The Kier molecular flexibility index (Phi) is 6.53. The van der Waals surface area contributed by atoms with E-state index in [1.165, 1.54) is 0 Å². The first-order chi connectivity index (χ1) is 7.22. The van der Waals surface area contributed by atoms with E-state index < -0.39 is 0 Å². The van der Waals surface area contributed by atoms with Crippen LogP contribution < -0.4 is 10.6 Å². The molecule has 0 saturated carbocycles. The number of aliphatic hydroxyl groups excluding tert-OH is 1. The highest BCUT2D eigenvalue weighted by Crippen LogP contribution is 2.08. The molecule has 0 unspecified atom stereocenters. The second kappa shape index (κ2) is 6.58. The Balaban J connectivity index is 3.79. The molecule has 0 aromatic carbocycles. The predicted octanol–water partition coefficient (Wildman–Crippen LogP) is 1.90. The maximum Gasteiger partial charge on any atom is 0.0789 e. The highest BCUT2D eigenvalue weighted by atomic mass is 16.3. The van der Waals surface area contributed by atoms with Gasteiger partial charge in [0, 0.05) is 24.2 Å². The third-order valence-corrected chi connectivity index (χ3v) is 3.40. The summed E-state index contributed by atoms with van der Waals surface area (Å²) in [6.45, 7) is 14.2. The first kappa shape index (κ1) is 15.9. The van der Waals surface area contributed by atoms with Gasteiger partial charge in [0.05, 0.1) is 6.10 Å². The standard InChI is InChI=1S/C13H30N2O/c1-7-12(3,4)14-9-11(16)10-15-13(5,6)8-2/h11,14-16H,7-10H2,1-6H3. The van der Waals surface area contributed by atoms with E-state index in [1.807, 2.05) is 0 Å². The van der Waals surface area contributed by atoms with Crippen LogP contribution >= 0.6 is 0 Å². The van der Waals surface area contributed by atoms with E-state index in [0.29, 0.717) is 13.1 Å². The molecule has 0 rings (SSSR count). The molecule has 0 aliphatic heterocycles. The van der Waals surface area contributed by atoms with Crippen molar-refractivity contribution in [3.8, 4) is 0 Å². The molecule has 0 atom stereocenters. The lowest BCUT2D eigenvalue weighted by atomic mass is 10.0. The van der Waals surface area contributed by atoms with E-state index in [4.69, 9.17) is 0 Å². The fourth-order valence-electron chi connectivity index (χ4n) is 1.11. The zero-order valence-corrected chi connectivity index (χ0v) is 11.9. The Morgan fingerprint density at radius 2 is 1.19 bits per heavy atom. The molecule has 0 bridgehead atoms. The maximum absolute atomic E-state index is 9.84. The molecule has 0 heterocycles. The number of rotatable bonds is 8. The van der Waals surface area contributed by atoms with Crippen molar-refractivity contribution in [2.75, 3.05) is 13.1 Å². The average molecular weight is 230 g/mol. The summed E-state index contributed by atoms with van der Waals surface area (Å²) in [5.74, 6) is 0. The first-order valence-corrected chi connectivity index (χ1v) is 6.40. The van der Waals surface area contributed by atoms with Crippen LogP contribution in [0.4, 0.5) is 0 Å². The van der Waals surface area contributed by atoms with Crippen LogP contribution in [0.25, 0.3) is 0 Å². The smallest absolute Gasteiger partial charge is 0.0789 e. The summed E-state index contributed by atoms with van der Waals surface area (Å²) in [5.41, 5.74) is 0.225. The Hall–Kier alpha value is -0.120. The Morgan fingerprint density at radius 3 is 1.44 bits per heavy atom. The first-order valence-electron chi connectivity index (χ1n) is 6.40. The lowest BCUT2D eigenvalue weighted by Gasteiger charge is -2.29. The van der Waals surface area contributed by atoms with Crippen LogP contribution in [0, 0.1) is 0 Å². The van der Waals surface area contributed by atoms with E-state index in [9.17, 15) is 5.11 Å². The van der Waals surface area contributed by atoms with Crippen molar-refractivity contribution in [2.45, 2.75) is 71.6 Å². The SMILES string of the molecule is CCC(C)(C)NCC(O)CNC(C)(C)CC.